The molecular formula is C20H19ClN4O3S3. The zero-order valence-corrected chi connectivity index (χ0v) is 19.5. The molecule has 2 saturated heterocycles. The maximum Gasteiger partial charge on any atom is 0.238 e. The fraction of sp³-hybridized carbons (Fsp3) is 0.250. The van der Waals surface area contributed by atoms with Gasteiger partial charge >= 0.3 is 0 Å². The summed E-state index contributed by atoms with van der Waals surface area (Å²) in [5, 5.41) is 9.17. The minimum atomic E-state index is -0.424. The Hall–Kier alpha value is -1.98. The van der Waals surface area contributed by atoms with E-state index in [0.717, 1.165) is 5.69 Å². The van der Waals surface area contributed by atoms with E-state index in [1.807, 2.05) is 35.2 Å². The number of para-hydroxylation sites is 1. The van der Waals surface area contributed by atoms with E-state index in [9.17, 15) is 9.59 Å². The van der Waals surface area contributed by atoms with Gasteiger partial charge < -0.3 is 20.3 Å². The second-order valence-electron chi connectivity index (χ2n) is 6.72. The average molecular weight is 495 g/mol. The van der Waals surface area contributed by atoms with Crippen LogP contribution in [-0.4, -0.2) is 45.9 Å². The quantitative estimate of drug-likeness (QED) is 0.528. The molecule has 11 heteroatoms. The third kappa shape index (κ3) is 4.93. The Balaban J connectivity index is 1.37. The zero-order chi connectivity index (χ0) is 22.0. The molecule has 3 atom stereocenters. The molecule has 0 bridgehead atoms. The fourth-order valence-corrected chi connectivity index (χ4v) is 5.96. The van der Waals surface area contributed by atoms with Crippen LogP contribution in [0.4, 0.5) is 11.4 Å². The predicted molar refractivity (Wildman–Crippen MR) is 131 cm³/mol. The van der Waals surface area contributed by atoms with Gasteiger partial charge in [0.1, 0.15) is 27.0 Å². The molecular weight excluding hydrogens is 476 g/mol. The van der Waals surface area contributed by atoms with Crippen molar-refractivity contribution < 1.29 is 14.3 Å². The van der Waals surface area contributed by atoms with E-state index in [1.54, 1.807) is 18.2 Å². The van der Waals surface area contributed by atoms with Crippen LogP contribution in [0.2, 0.25) is 5.02 Å². The number of amides is 2. The van der Waals surface area contributed by atoms with E-state index in [2.05, 4.69) is 16.0 Å². The van der Waals surface area contributed by atoms with Gasteiger partial charge in [0, 0.05) is 11.4 Å². The number of halogens is 1. The van der Waals surface area contributed by atoms with E-state index in [1.165, 1.54) is 30.6 Å². The van der Waals surface area contributed by atoms with E-state index >= 15 is 0 Å². The van der Waals surface area contributed by atoms with Gasteiger partial charge in [0.2, 0.25) is 11.8 Å². The molecule has 4 rings (SSSR count). The molecule has 7 nitrogen and oxygen atoms in total. The van der Waals surface area contributed by atoms with Gasteiger partial charge in [-0.3, -0.25) is 14.9 Å². The van der Waals surface area contributed by atoms with Crippen LogP contribution in [0, 0.1) is 0 Å². The van der Waals surface area contributed by atoms with Crippen LogP contribution in [0.3, 0.4) is 0 Å². The van der Waals surface area contributed by atoms with Crippen LogP contribution in [0.5, 0.6) is 5.75 Å². The molecule has 31 heavy (non-hydrogen) atoms. The lowest BCUT2D eigenvalue weighted by atomic mass is 10.2. The number of thiocarbonyl (C=S) groups is 1. The number of nitrogens with zero attached hydrogens (tertiary/aromatic N) is 1. The number of nitrogens with one attached hydrogen (secondary N) is 3. The Kier molecular flexibility index (Phi) is 6.92. The molecule has 162 valence electrons. The van der Waals surface area contributed by atoms with Crippen molar-refractivity contribution in [2.75, 3.05) is 23.1 Å². The molecule has 3 unspecified atom stereocenters. The summed E-state index contributed by atoms with van der Waals surface area (Å²) in [4.78, 5) is 27.0. The lowest BCUT2D eigenvalue weighted by molar-refractivity contribution is -0.122. The lowest BCUT2D eigenvalue weighted by Crippen LogP contribution is -2.64. The number of ether oxygens (including phenoxy) is 1. The normalized spacial score (nSPS) is 22.6. The van der Waals surface area contributed by atoms with Gasteiger partial charge in [0.15, 0.2) is 0 Å². The summed E-state index contributed by atoms with van der Waals surface area (Å²) < 4.78 is 5.75. The number of thioether (sulfide) groups is 2. The van der Waals surface area contributed by atoms with E-state index in [-0.39, 0.29) is 29.0 Å². The number of hydrogen-bond acceptors (Lipinski definition) is 7. The number of rotatable bonds is 6. The van der Waals surface area contributed by atoms with E-state index in [0.29, 0.717) is 20.8 Å². The summed E-state index contributed by atoms with van der Waals surface area (Å²) in [6, 6.07) is 14.7. The lowest BCUT2D eigenvalue weighted by Gasteiger charge is -2.36. The van der Waals surface area contributed by atoms with Crippen molar-refractivity contribution in [3.63, 3.8) is 0 Å². The molecule has 0 aliphatic carbocycles. The summed E-state index contributed by atoms with van der Waals surface area (Å²) in [5.41, 5.74) is 1.07. The molecule has 2 amide bonds. The molecule has 0 spiro atoms. The highest BCUT2D eigenvalue weighted by molar-refractivity contribution is 8.24. The van der Waals surface area contributed by atoms with Crippen LogP contribution in [0.15, 0.2) is 48.5 Å². The number of anilines is 2. The number of hydrogen-bond donors (Lipinski definition) is 3. The van der Waals surface area contributed by atoms with Gasteiger partial charge in [-0.1, -0.05) is 53.8 Å². The largest absolute Gasteiger partial charge is 0.495 e. The first-order valence-corrected chi connectivity index (χ1v) is 12.0. The van der Waals surface area contributed by atoms with Crippen molar-refractivity contribution >= 4 is 74.9 Å². The number of fused-ring (bicyclic) bond motifs is 1. The highest BCUT2D eigenvalue weighted by Crippen LogP contribution is 2.37. The number of carbonyl (C=O) groups excluding carboxylic acids is 2. The first-order chi connectivity index (χ1) is 15.0. The number of methoxy groups -OCH3 is 1. The Morgan fingerprint density at radius 2 is 2.10 bits per heavy atom. The third-order valence-corrected chi connectivity index (χ3v) is 7.62. The summed E-state index contributed by atoms with van der Waals surface area (Å²) in [6.07, 6.45) is -0.283. The Bertz CT molecular complexity index is 1010. The molecule has 0 aromatic heterocycles. The molecule has 2 heterocycles. The van der Waals surface area contributed by atoms with Crippen molar-refractivity contribution in [1.29, 1.82) is 0 Å². The first-order valence-electron chi connectivity index (χ1n) is 9.32. The summed E-state index contributed by atoms with van der Waals surface area (Å²) >= 11 is 14.3. The monoisotopic (exact) mass is 494 g/mol. The molecule has 0 radical (unpaired) electrons. The standard InChI is InChI=1S/C20H19ClN4O3S3/c1-28-14-8-7-11(9-13(14)21)22-15(26)10-30-19-23-17-16(18(27)24-19)31-20(29)25(17)12-5-3-2-4-6-12/h2-9,16-17,19,23H,10H2,1H3,(H,22,26)(H,24,27). The van der Waals surface area contributed by atoms with E-state index < -0.39 is 5.50 Å². The van der Waals surface area contributed by atoms with Crippen LogP contribution < -0.4 is 25.6 Å². The van der Waals surface area contributed by atoms with Gasteiger partial charge in [0.05, 0.1) is 17.9 Å². The van der Waals surface area contributed by atoms with Crippen molar-refractivity contribution in [2.24, 2.45) is 0 Å². The highest BCUT2D eigenvalue weighted by atomic mass is 35.5. The molecule has 2 aromatic rings. The van der Waals surface area contributed by atoms with Gasteiger partial charge in [-0.2, -0.15) is 0 Å². The highest BCUT2D eigenvalue weighted by Gasteiger charge is 2.47. The molecule has 2 aliphatic rings. The molecule has 2 fully saturated rings. The average Bonchev–Trinajstić information content (AvgIpc) is 3.09. The number of benzene rings is 2. The van der Waals surface area contributed by atoms with E-state index in [4.69, 9.17) is 28.6 Å². The summed E-state index contributed by atoms with van der Waals surface area (Å²) in [6.45, 7) is 0. The van der Waals surface area contributed by atoms with Crippen LogP contribution in [0.1, 0.15) is 0 Å². The Morgan fingerprint density at radius 1 is 1.32 bits per heavy atom. The van der Waals surface area contributed by atoms with Crippen molar-refractivity contribution in [3.8, 4) is 5.75 Å². The minimum Gasteiger partial charge on any atom is -0.495 e. The third-order valence-electron chi connectivity index (χ3n) is 4.69. The van der Waals surface area contributed by atoms with Crippen LogP contribution >= 0.6 is 47.3 Å². The maximum absolute atomic E-state index is 12.6. The molecule has 2 aliphatic heterocycles. The minimum absolute atomic E-state index is 0.102. The second kappa shape index (κ2) is 9.66. The van der Waals surface area contributed by atoms with Gasteiger partial charge in [-0.15, -0.1) is 11.8 Å². The van der Waals surface area contributed by atoms with Crippen molar-refractivity contribution in [2.45, 2.75) is 16.9 Å². The predicted octanol–water partition coefficient (Wildman–Crippen LogP) is 3.26. The van der Waals surface area contributed by atoms with Crippen molar-refractivity contribution in [1.82, 2.24) is 10.6 Å². The number of carbonyl (C=O) groups is 2. The summed E-state index contributed by atoms with van der Waals surface area (Å²) in [7, 11) is 1.53. The topological polar surface area (TPSA) is 82.7 Å². The van der Waals surface area contributed by atoms with Gasteiger partial charge in [0.25, 0.3) is 0 Å². The smallest absolute Gasteiger partial charge is 0.238 e. The Morgan fingerprint density at radius 3 is 2.81 bits per heavy atom. The molecule has 3 N–H and O–H groups in total. The van der Waals surface area contributed by atoms with Gasteiger partial charge in [-0.05, 0) is 30.3 Å². The SMILES string of the molecule is COc1ccc(NC(=O)CSC2NC(=O)C3SC(=S)N(c4ccccc4)C3N2)cc1Cl. The van der Waals surface area contributed by atoms with Crippen LogP contribution in [-0.2, 0) is 9.59 Å². The zero-order valence-electron chi connectivity index (χ0n) is 16.3. The Labute approximate surface area is 198 Å². The molecule has 2 aromatic carbocycles. The fourth-order valence-electron chi connectivity index (χ4n) is 3.29. The second-order valence-corrected chi connectivity index (χ2v) is 9.99. The maximum atomic E-state index is 12.6. The van der Waals surface area contributed by atoms with Crippen LogP contribution in [0.25, 0.3) is 0 Å². The van der Waals surface area contributed by atoms with Crippen molar-refractivity contribution in [3.05, 3.63) is 53.6 Å². The molecule has 0 saturated carbocycles. The van der Waals surface area contributed by atoms with Gasteiger partial charge in [-0.25, -0.2) is 0 Å². The first kappa shape index (κ1) is 22.2. The summed E-state index contributed by atoms with van der Waals surface area (Å²) in [5.74, 6) is 0.366.